The van der Waals surface area contributed by atoms with Gasteiger partial charge in [0.25, 0.3) is 5.91 Å². The minimum atomic E-state index is -0.202. The highest BCUT2D eigenvalue weighted by Gasteiger charge is 2.16. The first-order valence-electron chi connectivity index (χ1n) is 9.64. The summed E-state index contributed by atoms with van der Waals surface area (Å²) >= 11 is 0. The van der Waals surface area contributed by atoms with Gasteiger partial charge < -0.3 is 19.5 Å². The lowest BCUT2D eigenvalue weighted by molar-refractivity contribution is 0.0998. The van der Waals surface area contributed by atoms with Gasteiger partial charge in [0, 0.05) is 12.3 Å². The summed E-state index contributed by atoms with van der Waals surface area (Å²) in [5.41, 5.74) is 1.23. The van der Waals surface area contributed by atoms with Gasteiger partial charge in [-0.2, -0.15) is 0 Å². The summed E-state index contributed by atoms with van der Waals surface area (Å²) in [6.07, 6.45) is 5.05. The van der Waals surface area contributed by atoms with Crippen LogP contribution in [0.25, 0.3) is 0 Å². The molecule has 0 radical (unpaired) electrons. The molecule has 2 aromatic rings. The zero-order chi connectivity index (χ0) is 18.9. The van der Waals surface area contributed by atoms with E-state index in [0.717, 1.165) is 24.3 Å². The van der Waals surface area contributed by atoms with Gasteiger partial charge in [-0.3, -0.25) is 4.79 Å². The highest BCUT2D eigenvalue weighted by Crippen LogP contribution is 2.25. The Kier molecular flexibility index (Phi) is 7.11. The molecule has 5 heteroatoms. The first-order chi connectivity index (χ1) is 13.3. The molecule has 144 valence electrons. The first kappa shape index (κ1) is 19.2. The fraction of sp³-hybridized carbons (Fsp3) is 0.409. The fourth-order valence-corrected chi connectivity index (χ4v) is 3.15. The highest BCUT2D eigenvalue weighted by atomic mass is 16.5. The molecule has 1 fully saturated rings. The molecule has 1 amide bonds. The average Bonchev–Trinajstić information content (AvgIpc) is 3.20. The van der Waals surface area contributed by atoms with Gasteiger partial charge in [0.15, 0.2) is 0 Å². The number of ether oxygens (including phenoxy) is 3. The van der Waals surface area contributed by atoms with Gasteiger partial charge in [-0.25, -0.2) is 0 Å². The molecule has 0 unspecified atom stereocenters. The Balaban J connectivity index is 1.58. The van der Waals surface area contributed by atoms with Crippen molar-refractivity contribution in [3.63, 3.8) is 0 Å². The third-order valence-electron chi connectivity index (χ3n) is 4.54. The Morgan fingerprint density at radius 3 is 2.52 bits per heavy atom. The van der Waals surface area contributed by atoms with Gasteiger partial charge >= 0.3 is 0 Å². The largest absolute Gasteiger partial charge is 0.490 e. The van der Waals surface area contributed by atoms with Crippen molar-refractivity contribution in [2.24, 2.45) is 0 Å². The number of hydrogen-bond donors (Lipinski definition) is 1. The van der Waals surface area contributed by atoms with E-state index >= 15 is 0 Å². The highest BCUT2D eigenvalue weighted by molar-refractivity contribution is 6.06. The van der Waals surface area contributed by atoms with E-state index in [-0.39, 0.29) is 5.91 Å². The van der Waals surface area contributed by atoms with Crippen LogP contribution in [0.2, 0.25) is 0 Å². The SMILES string of the molecule is CCOCCOc1ccccc1C(=O)Nc1ccc(OC2CCCC2)cc1. The summed E-state index contributed by atoms with van der Waals surface area (Å²) < 4.78 is 16.9. The topological polar surface area (TPSA) is 56.8 Å². The molecule has 0 aromatic heterocycles. The molecule has 0 heterocycles. The smallest absolute Gasteiger partial charge is 0.259 e. The van der Waals surface area contributed by atoms with Crippen LogP contribution >= 0.6 is 0 Å². The molecular weight excluding hydrogens is 342 g/mol. The number of anilines is 1. The normalized spacial score (nSPS) is 14.1. The number of carbonyl (C=O) groups is 1. The lowest BCUT2D eigenvalue weighted by atomic mass is 10.2. The third kappa shape index (κ3) is 5.73. The maximum Gasteiger partial charge on any atom is 0.259 e. The standard InChI is InChI=1S/C22H27NO4/c1-2-25-15-16-26-21-10-6-5-9-20(21)22(24)23-17-11-13-19(14-12-17)27-18-7-3-4-8-18/h5-6,9-14,18H,2-4,7-8,15-16H2,1H3,(H,23,24). The van der Waals surface area contributed by atoms with E-state index in [4.69, 9.17) is 14.2 Å². The van der Waals surface area contributed by atoms with Crippen LogP contribution < -0.4 is 14.8 Å². The Morgan fingerprint density at radius 1 is 1.04 bits per heavy atom. The van der Waals surface area contributed by atoms with E-state index in [1.807, 2.05) is 43.3 Å². The molecule has 2 aromatic carbocycles. The van der Waals surface area contributed by atoms with Crippen LogP contribution in [-0.4, -0.2) is 31.8 Å². The minimum absolute atomic E-state index is 0.202. The summed E-state index contributed by atoms with van der Waals surface area (Å²) in [7, 11) is 0. The van der Waals surface area contributed by atoms with E-state index in [0.29, 0.717) is 37.2 Å². The number of amides is 1. The molecule has 0 saturated heterocycles. The number of rotatable bonds is 9. The number of benzene rings is 2. The van der Waals surface area contributed by atoms with Crippen molar-refractivity contribution >= 4 is 11.6 Å². The molecule has 0 atom stereocenters. The maximum absolute atomic E-state index is 12.6. The second-order valence-corrected chi connectivity index (χ2v) is 6.54. The van der Waals surface area contributed by atoms with E-state index in [1.54, 1.807) is 12.1 Å². The van der Waals surface area contributed by atoms with Gasteiger partial charge in [0.05, 0.1) is 18.3 Å². The molecule has 1 N–H and O–H groups in total. The molecule has 1 saturated carbocycles. The fourth-order valence-electron chi connectivity index (χ4n) is 3.15. The van der Waals surface area contributed by atoms with Crippen molar-refractivity contribution in [3.05, 3.63) is 54.1 Å². The van der Waals surface area contributed by atoms with Crippen LogP contribution in [0.4, 0.5) is 5.69 Å². The minimum Gasteiger partial charge on any atom is -0.490 e. The van der Waals surface area contributed by atoms with E-state index in [9.17, 15) is 4.79 Å². The van der Waals surface area contributed by atoms with E-state index < -0.39 is 0 Å². The van der Waals surface area contributed by atoms with E-state index in [2.05, 4.69) is 5.32 Å². The molecule has 27 heavy (non-hydrogen) atoms. The van der Waals surface area contributed by atoms with Crippen LogP contribution in [0.15, 0.2) is 48.5 Å². The molecular formula is C22H27NO4. The van der Waals surface area contributed by atoms with Crippen LogP contribution in [0, 0.1) is 0 Å². The molecule has 0 bridgehead atoms. The molecule has 3 rings (SSSR count). The van der Waals surface area contributed by atoms with Crippen LogP contribution in [0.1, 0.15) is 43.0 Å². The zero-order valence-corrected chi connectivity index (χ0v) is 15.8. The second-order valence-electron chi connectivity index (χ2n) is 6.54. The monoisotopic (exact) mass is 369 g/mol. The maximum atomic E-state index is 12.6. The van der Waals surface area contributed by atoms with Crippen molar-refractivity contribution < 1.29 is 19.0 Å². The number of hydrogen-bond acceptors (Lipinski definition) is 4. The third-order valence-corrected chi connectivity index (χ3v) is 4.54. The Labute approximate surface area is 160 Å². The Hall–Kier alpha value is -2.53. The van der Waals surface area contributed by atoms with Crippen LogP contribution in [0.3, 0.4) is 0 Å². The molecule has 0 spiro atoms. The van der Waals surface area contributed by atoms with Gasteiger partial charge in [-0.1, -0.05) is 12.1 Å². The first-order valence-corrected chi connectivity index (χ1v) is 9.64. The quantitative estimate of drug-likeness (QED) is 0.652. The second kappa shape index (κ2) is 9.97. The summed E-state index contributed by atoms with van der Waals surface area (Å²) in [5.74, 6) is 1.20. The lowest BCUT2D eigenvalue weighted by Crippen LogP contribution is -2.15. The van der Waals surface area contributed by atoms with Crippen molar-refractivity contribution in [1.82, 2.24) is 0 Å². The number of carbonyl (C=O) groups excluding carboxylic acids is 1. The zero-order valence-electron chi connectivity index (χ0n) is 15.8. The van der Waals surface area contributed by atoms with Crippen LogP contribution in [-0.2, 0) is 4.74 Å². The number of para-hydroxylation sites is 1. The summed E-state index contributed by atoms with van der Waals surface area (Å²) in [4.78, 5) is 12.6. The van der Waals surface area contributed by atoms with Crippen molar-refractivity contribution in [2.45, 2.75) is 38.7 Å². The Bertz CT molecular complexity index is 723. The number of nitrogens with one attached hydrogen (secondary N) is 1. The summed E-state index contributed by atoms with van der Waals surface area (Å²) in [6.45, 7) is 3.48. The summed E-state index contributed by atoms with van der Waals surface area (Å²) in [6, 6.07) is 14.7. The predicted octanol–water partition coefficient (Wildman–Crippen LogP) is 4.68. The van der Waals surface area contributed by atoms with Crippen molar-refractivity contribution in [2.75, 3.05) is 25.1 Å². The average molecular weight is 369 g/mol. The van der Waals surface area contributed by atoms with Gasteiger partial charge in [-0.05, 0) is 69.0 Å². The molecule has 1 aliphatic rings. The van der Waals surface area contributed by atoms with Gasteiger partial charge in [-0.15, -0.1) is 0 Å². The van der Waals surface area contributed by atoms with Crippen LogP contribution in [0.5, 0.6) is 11.5 Å². The molecule has 0 aliphatic heterocycles. The van der Waals surface area contributed by atoms with Crippen molar-refractivity contribution in [3.8, 4) is 11.5 Å². The van der Waals surface area contributed by atoms with Gasteiger partial charge in [0.2, 0.25) is 0 Å². The summed E-state index contributed by atoms with van der Waals surface area (Å²) in [5, 5.41) is 2.92. The predicted molar refractivity (Wildman–Crippen MR) is 106 cm³/mol. The Morgan fingerprint density at radius 2 is 1.78 bits per heavy atom. The van der Waals surface area contributed by atoms with E-state index in [1.165, 1.54) is 12.8 Å². The molecule has 1 aliphatic carbocycles. The van der Waals surface area contributed by atoms with Gasteiger partial charge in [0.1, 0.15) is 18.1 Å². The van der Waals surface area contributed by atoms with Crippen molar-refractivity contribution in [1.29, 1.82) is 0 Å². The molecule has 5 nitrogen and oxygen atoms in total. The lowest BCUT2D eigenvalue weighted by Gasteiger charge is -2.14.